The van der Waals surface area contributed by atoms with Crippen LogP contribution in [0.1, 0.15) is 169 Å². The molecule has 0 aromatic carbocycles. The van der Waals surface area contributed by atoms with Gasteiger partial charge < -0.3 is 5.32 Å². The first-order valence-corrected chi connectivity index (χ1v) is 16.8. The minimum atomic E-state index is 0.188. The molecular weight excluding hydrogens is 438 g/mol. The summed E-state index contributed by atoms with van der Waals surface area (Å²) in [5.41, 5.74) is 0.188. The molecule has 1 aliphatic heterocycles. The SMILES string of the molecule is CCCCCCCCCCN1CCCNC1C(C)(C)N(CCCCCCCC)CCCCCCCC. The Morgan fingerprint density at radius 2 is 1.03 bits per heavy atom. The molecule has 0 spiro atoms. The van der Waals surface area contributed by atoms with E-state index in [9.17, 15) is 0 Å². The Kier molecular flexibility index (Phi) is 21.5. The van der Waals surface area contributed by atoms with Crippen molar-refractivity contribution in [1.82, 2.24) is 15.1 Å². The van der Waals surface area contributed by atoms with Crippen LogP contribution >= 0.6 is 0 Å². The summed E-state index contributed by atoms with van der Waals surface area (Å²) in [5, 5.41) is 3.99. The number of rotatable bonds is 25. The van der Waals surface area contributed by atoms with Crippen LogP contribution in [-0.4, -0.2) is 54.2 Å². The Hall–Kier alpha value is -0.120. The van der Waals surface area contributed by atoms with Crippen LogP contribution in [0.4, 0.5) is 0 Å². The second-order valence-electron chi connectivity index (χ2n) is 12.4. The van der Waals surface area contributed by atoms with Gasteiger partial charge in [-0.05, 0) is 65.7 Å². The molecule has 0 radical (unpaired) electrons. The molecular formula is C33H69N3. The van der Waals surface area contributed by atoms with E-state index >= 15 is 0 Å². The van der Waals surface area contributed by atoms with Gasteiger partial charge in [0.15, 0.2) is 0 Å². The Morgan fingerprint density at radius 3 is 1.50 bits per heavy atom. The molecule has 216 valence electrons. The molecule has 1 N–H and O–H groups in total. The lowest BCUT2D eigenvalue weighted by Crippen LogP contribution is -2.67. The van der Waals surface area contributed by atoms with Gasteiger partial charge in [-0.25, -0.2) is 0 Å². The van der Waals surface area contributed by atoms with Gasteiger partial charge in [0.25, 0.3) is 0 Å². The van der Waals surface area contributed by atoms with E-state index in [0.29, 0.717) is 6.17 Å². The van der Waals surface area contributed by atoms with Gasteiger partial charge >= 0.3 is 0 Å². The van der Waals surface area contributed by atoms with Gasteiger partial charge in [-0.15, -0.1) is 0 Å². The van der Waals surface area contributed by atoms with Crippen molar-refractivity contribution in [3.63, 3.8) is 0 Å². The minimum absolute atomic E-state index is 0.188. The normalized spacial score (nSPS) is 17.3. The fourth-order valence-electron chi connectivity index (χ4n) is 6.19. The van der Waals surface area contributed by atoms with E-state index in [0.717, 1.165) is 0 Å². The number of unbranched alkanes of at least 4 members (excludes halogenated alkanes) is 17. The molecule has 0 aliphatic carbocycles. The summed E-state index contributed by atoms with van der Waals surface area (Å²) in [7, 11) is 0. The van der Waals surface area contributed by atoms with Crippen molar-refractivity contribution in [3.05, 3.63) is 0 Å². The highest BCUT2D eigenvalue weighted by Gasteiger charge is 2.39. The van der Waals surface area contributed by atoms with Gasteiger partial charge in [-0.1, -0.05) is 130 Å². The summed E-state index contributed by atoms with van der Waals surface area (Å²) in [6.45, 7) is 18.3. The second-order valence-corrected chi connectivity index (χ2v) is 12.4. The standard InChI is InChI=1S/C33H69N3/c1-6-9-12-15-18-19-20-23-28-35-29-26-27-34-32(35)33(4,5)36(30-24-21-16-13-10-7-2)31-25-22-17-14-11-8-3/h32,34H,6-31H2,1-5H3. The summed E-state index contributed by atoms with van der Waals surface area (Å²) < 4.78 is 0. The molecule has 1 saturated heterocycles. The average molecular weight is 508 g/mol. The molecule has 1 unspecified atom stereocenters. The number of hydrogen-bond acceptors (Lipinski definition) is 3. The maximum atomic E-state index is 3.99. The van der Waals surface area contributed by atoms with Gasteiger partial charge in [0.2, 0.25) is 0 Å². The number of nitrogens with zero attached hydrogens (tertiary/aromatic N) is 2. The van der Waals surface area contributed by atoms with Gasteiger partial charge in [0.1, 0.15) is 0 Å². The molecule has 1 fully saturated rings. The molecule has 0 aromatic heterocycles. The van der Waals surface area contributed by atoms with Crippen LogP contribution in [0.15, 0.2) is 0 Å². The quantitative estimate of drug-likeness (QED) is 0.124. The monoisotopic (exact) mass is 508 g/mol. The first-order valence-electron chi connectivity index (χ1n) is 16.8. The lowest BCUT2D eigenvalue weighted by atomic mass is 9.93. The number of hydrogen-bond donors (Lipinski definition) is 1. The Morgan fingerprint density at radius 1 is 0.611 bits per heavy atom. The fraction of sp³-hybridized carbons (Fsp3) is 1.00. The molecule has 36 heavy (non-hydrogen) atoms. The average Bonchev–Trinajstić information content (AvgIpc) is 2.88. The van der Waals surface area contributed by atoms with Crippen LogP contribution in [0.5, 0.6) is 0 Å². The summed E-state index contributed by atoms with van der Waals surface area (Å²) >= 11 is 0. The summed E-state index contributed by atoms with van der Waals surface area (Å²) in [6, 6.07) is 0. The molecule has 3 nitrogen and oxygen atoms in total. The summed E-state index contributed by atoms with van der Waals surface area (Å²) in [4.78, 5) is 5.70. The molecule has 0 bridgehead atoms. The van der Waals surface area contributed by atoms with Crippen molar-refractivity contribution in [3.8, 4) is 0 Å². The van der Waals surface area contributed by atoms with Crippen LogP contribution in [0.25, 0.3) is 0 Å². The van der Waals surface area contributed by atoms with Crippen LogP contribution < -0.4 is 5.32 Å². The first kappa shape index (κ1) is 33.9. The molecule has 1 aliphatic rings. The Bertz CT molecular complexity index is 448. The zero-order valence-corrected chi connectivity index (χ0v) is 25.9. The van der Waals surface area contributed by atoms with E-state index < -0.39 is 0 Å². The zero-order valence-electron chi connectivity index (χ0n) is 25.9. The third kappa shape index (κ3) is 15.3. The van der Waals surface area contributed by atoms with E-state index in [-0.39, 0.29) is 5.54 Å². The van der Waals surface area contributed by atoms with Gasteiger partial charge in [0, 0.05) is 12.1 Å². The second kappa shape index (κ2) is 22.8. The molecule has 1 atom stereocenters. The van der Waals surface area contributed by atoms with E-state index in [1.54, 1.807) is 0 Å². The highest BCUT2D eigenvalue weighted by molar-refractivity contribution is 4.95. The van der Waals surface area contributed by atoms with Crippen molar-refractivity contribution in [2.24, 2.45) is 0 Å². The third-order valence-corrected chi connectivity index (χ3v) is 8.67. The van der Waals surface area contributed by atoms with Gasteiger partial charge in [-0.2, -0.15) is 0 Å². The lowest BCUT2D eigenvalue weighted by molar-refractivity contribution is -0.0158. The van der Waals surface area contributed by atoms with E-state index in [4.69, 9.17) is 0 Å². The van der Waals surface area contributed by atoms with Gasteiger partial charge in [0.05, 0.1) is 6.17 Å². The van der Waals surface area contributed by atoms with E-state index in [1.807, 2.05) is 0 Å². The number of nitrogens with one attached hydrogen (secondary N) is 1. The smallest absolute Gasteiger partial charge is 0.0781 e. The molecule has 3 heteroatoms. The van der Waals surface area contributed by atoms with Gasteiger partial charge in [-0.3, -0.25) is 9.80 Å². The van der Waals surface area contributed by atoms with E-state index in [1.165, 1.54) is 168 Å². The topological polar surface area (TPSA) is 18.5 Å². The molecule has 1 heterocycles. The van der Waals surface area contributed by atoms with Crippen molar-refractivity contribution in [2.45, 2.75) is 181 Å². The van der Waals surface area contributed by atoms with Crippen LogP contribution in [0.2, 0.25) is 0 Å². The summed E-state index contributed by atoms with van der Waals surface area (Å²) in [5.74, 6) is 0. The third-order valence-electron chi connectivity index (χ3n) is 8.67. The maximum Gasteiger partial charge on any atom is 0.0781 e. The molecule has 0 saturated carbocycles. The molecule has 0 amide bonds. The summed E-state index contributed by atoms with van der Waals surface area (Å²) in [6.07, 6.45) is 29.9. The van der Waals surface area contributed by atoms with Crippen LogP contribution in [-0.2, 0) is 0 Å². The van der Waals surface area contributed by atoms with Crippen molar-refractivity contribution in [1.29, 1.82) is 0 Å². The predicted molar refractivity (Wildman–Crippen MR) is 163 cm³/mol. The predicted octanol–water partition coefficient (Wildman–Crippen LogP) is 9.55. The van der Waals surface area contributed by atoms with Crippen molar-refractivity contribution in [2.75, 3.05) is 32.7 Å². The van der Waals surface area contributed by atoms with Crippen molar-refractivity contribution >= 4 is 0 Å². The molecule has 0 aromatic rings. The Labute approximate surface area is 228 Å². The highest BCUT2D eigenvalue weighted by Crippen LogP contribution is 2.26. The maximum absolute atomic E-state index is 3.99. The fourth-order valence-corrected chi connectivity index (χ4v) is 6.19. The Balaban J connectivity index is 2.59. The zero-order chi connectivity index (χ0) is 26.3. The van der Waals surface area contributed by atoms with Crippen LogP contribution in [0.3, 0.4) is 0 Å². The lowest BCUT2D eigenvalue weighted by Gasteiger charge is -2.51. The van der Waals surface area contributed by atoms with Crippen LogP contribution in [0, 0.1) is 0 Å². The minimum Gasteiger partial charge on any atom is -0.300 e. The largest absolute Gasteiger partial charge is 0.300 e. The van der Waals surface area contributed by atoms with Crippen molar-refractivity contribution < 1.29 is 0 Å². The highest BCUT2D eigenvalue weighted by atomic mass is 15.4. The van der Waals surface area contributed by atoms with E-state index in [2.05, 4.69) is 49.7 Å². The first-order chi connectivity index (χ1) is 17.6. The molecule has 1 rings (SSSR count).